The second-order valence-corrected chi connectivity index (χ2v) is 5.19. The second-order valence-electron chi connectivity index (χ2n) is 5.19. The molecule has 138 valence electrons. The predicted octanol–water partition coefficient (Wildman–Crippen LogP) is 1.00. The van der Waals surface area contributed by atoms with Crippen LogP contribution in [0.2, 0.25) is 0 Å². The van der Waals surface area contributed by atoms with Crippen molar-refractivity contribution in [1.82, 2.24) is 15.5 Å². The number of alkyl halides is 2. The van der Waals surface area contributed by atoms with E-state index >= 15 is 0 Å². The van der Waals surface area contributed by atoms with Crippen molar-refractivity contribution in [3.63, 3.8) is 0 Å². The van der Waals surface area contributed by atoms with Crippen LogP contribution in [-0.2, 0) is 9.59 Å². The van der Waals surface area contributed by atoms with Gasteiger partial charge < -0.3 is 20.3 Å². The summed E-state index contributed by atoms with van der Waals surface area (Å²) < 4.78 is 28.3. The molecule has 1 aromatic rings. The highest BCUT2D eigenvalue weighted by molar-refractivity contribution is 5.96. The maximum atomic E-state index is 12.1. The van der Waals surface area contributed by atoms with Gasteiger partial charge in [-0.15, -0.1) is 0 Å². The molecule has 0 unspecified atom stereocenters. The number of carbonyl (C=O) groups is 3. The van der Waals surface area contributed by atoms with Gasteiger partial charge in [0.1, 0.15) is 5.75 Å². The highest BCUT2D eigenvalue weighted by Gasteiger charge is 2.14. The molecule has 0 atom stereocenters. The number of hydrogen-bond donors (Lipinski definition) is 2. The summed E-state index contributed by atoms with van der Waals surface area (Å²) in [5.74, 6) is -1.32. The molecule has 0 heterocycles. The van der Waals surface area contributed by atoms with E-state index in [4.69, 9.17) is 0 Å². The molecule has 1 rings (SSSR count). The molecule has 0 bridgehead atoms. The minimum Gasteiger partial charge on any atom is -0.435 e. The van der Waals surface area contributed by atoms with Crippen LogP contribution in [0, 0.1) is 0 Å². The number of hydrogen-bond acceptors (Lipinski definition) is 4. The van der Waals surface area contributed by atoms with Crippen LogP contribution < -0.4 is 15.4 Å². The molecular formula is C16H21F2N3O4. The van der Waals surface area contributed by atoms with Crippen LogP contribution in [0.5, 0.6) is 5.75 Å². The van der Waals surface area contributed by atoms with E-state index in [-0.39, 0.29) is 30.3 Å². The molecule has 25 heavy (non-hydrogen) atoms. The number of rotatable bonds is 9. The normalized spacial score (nSPS) is 10.3. The van der Waals surface area contributed by atoms with Crippen LogP contribution >= 0.6 is 0 Å². The molecule has 0 saturated carbocycles. The zero-order chi connectivity index (χ0) is 18.8. The van der Waals surface area contributed by atoms with Crippen LogP contribution in [0.25, 0.3) is 0 Å². The number of halogens is 2. The van der Waals surface area contributed by atoms with Crippen molar-refractivity contribution in [2.75, 3.05) is 26.7 Å². The standard InChI is InChI=1S/C16H21F2N3O4/c1-3-8-19-13(22)10-21(2)14(23)9-20-15(24)11-4-6-12(7-5-11)25-16(17)18/h4-7,16H,3,8-10H2,1-2H3,(H,19,22)(H,20,24). The van der Waals surface area contributed by atoms with E-state index in [0.717, 1.165) is 6.42 Å². The molecule has 0 radical (unpaired) electrons. The van der Waals surface area contributed by atoms with Gasteiger partial charge in [-0.2, -0.15) is 8.78 Å². The minimum absolute atomic E-state index is 0.0690. The fourth-order valence-electron chi connectivity index (χ4n) is 1.80. The molecule has 1 aromatic carbocycles. The monoisotopic (exact) mass is 357 g/mol. The summed E-state index contributed by atoms with van der Waals surface area (Å²) in [4.78, 5) is 36.5. The van der Waals surface area contributed by atoms with Gasteiger partial charge >= 0.3 is 6.61 Å². The molecule has 0 fully saturated rings. The zero-order valence-electron chi connectivity index (χ0n) is 14.1. The van der Waals surface area contributed by atoms with Gasteiger partial charge in [0.05, 0.1) is 13.1 Å². The van der Waals surface area contributed by atoms with Crippen LogP contribution in [0.3, 0.4) is 0 Å². The molecule has 0 aliphatic rings. The Balaban J connectivity index is 2.44. The van der Waals surface area contributed by atoms with Gasteiger partial charge in [0.2, 0.25) is 11.8 Å². The van der Waals surface area contributed by atoms with Crippen molar-refractivity contribution >= 4 is 17.7 Å². The molecule has 7 nitrogen and oxygen atoms in total. The second kappa shape index (κ2) is 10.2. The summed E-state index contributed by atoms with van der Waals surface area (Å²) in [6.07, 6.45) is 0.792. The van der Waals surface area contributed by atoms with Gasteiger partial charge in [-0.05, 0) is 30.7 Å². The van der Waals surface area contributed by atoms with Crippen molar-refractivity contribution in [2.45, 2.75) is 20.0 Å². The molecule has 0 aliphatic heterocycles. The van der Waals surface area contributed by atoms with Gasteiger partial charge in [0.25, 0.3) is 5.91 Å². The highest BCUT2D eigenvalue weighted by Crippen LogP contribution is 2.14. The molecule has 0 aromatic heterocycles. The van der Waals surface area contributed by atoms with E-state index in [1.807, 2.05) is 6.92 Å². The van der Waals surface area contributed by atoms with Gasteiger partial charge in [0.15, 0.2) is 0 Å². The minimum atomic E-state index is -2.94. The number of amides is 3. The maximum absolute atomic E-state index is 12.1. The average molecular weight is 357 g/mol. The SMILES string of the molecule is CCCNC(=O)CN(C)C(=O)CNC(=O)c1ccc(OC(F)F)cc1. The van der Waals surface area contributed by atoms with Gasteiger partial charge in [-0.3, -0.25) is 14.4 Å². The van der Waals surface area contributed by atoms with E-state index in [9.17, 15) is 23.2 Å². The van der Waals surface area contributed by atoms with Crippen molar-refractivity contribution in [1.29, 1.82) is 0 Å². The Bertz CT molecular complexity index is 594. The van der Waals surface area contributed by atoms with Crippen molar-refractivity contribution in [3.8, 4) is 5.75 Å². The number of benzene rings is 1. The molecule has 0 saturated heterocycles. The summed E-state index contributed by atoms with van der Waals surface area (Å²) in [6, 6.07) is 5.07. The third-order valence-corrected chi connectivity index (χ3v) is 3.12. The van der Waals surface area contributed by atoms with Crippen molar-refractivity contribution < 1.29 is 27.9 Å². The summed E-state index contributed by atoms with van der Waals surface area (Å²) in [5.41, 5.74) is 0.192. The van der Waals surface area contributed by atoms with E-state index in [0.29, 0.717) is 6.54 Å². The lowest BCUT2D eigenvalue weighted by Crippen LogP contribution is -2.43. The Morgan fingerprint density at radius 1 is 1.16 bits per heavy atom. The van der Waals surface area contributed by atoms with E-state index in [2.05, 4.69) is 15.4 Å². The molecule has 0 aliphatic carbocycles. The first-order chi connectivity index (χ1) is 11.8. The first-order valence-corrected chi connectivity index (χ1v) is 7.67. The summed E-state index contributed by atoms with van der Waals surface area (Å²) >= 11 is 0. The van der Waals surface area contributed by atoms with Crippen molar-refractivity contribution in [2.24, 2.45) is 0 Å². The largest absolute Gasteiger partial charge is 0.435 e. The lowest BCUT2D eigenvalue weighted by Gasteiger charge is -2.17. The fraction of sp³-hybridized carbons (Fsp3) is 0.438. The van der Waals surface area contributed by atoms with Crippen LogP contribution in [0.1, 0.15) is 23.7 Å². The summed E-state index contributed by atoms with van der Waals surface area (Å²) in [5, 5.41) is 5.05. The summed E-state index contributed by atoms with van der Waals surface area (Å²) in [6.45, 7) is -0.887. The Kier molecular flexibility index (Phi) is 8.31. The quantitative estimate of drug-likeness (QED) is 0.690. The van der Waals surface area contributed by atoms with Gasteiger partial charge in [0, 0.05) is 19.2 Å². The number of likely N-dealkylation sites (N-methyl/N-ethyl adjacent to an activating group) is 1. The molecule has 3 amide bonds. The predicted molar refractivity (Wildman–Crippen MR) is 86.3 cm³/mol. The summed E-state index contributed by atoms with van der Waals surface area (Å²) in [7, 11) is 1.45. The lowest BCUT2D eigenvalue weighted by atomic mass is 10.2. The third-order valence-electron chi connectivity index (χ3n) is 3.12. The average Bonchev–Trinajstić information content (AvgIpc) is 2.57. The number of nitrogens with zero attached hydrogens (tertiary/aromatic N) is 1. The number of ether oxygens (including phenoxy) is 1. The van der Waals surface area contributed by atoms with Crippen LogP contribution in [0.15, 0.2) is 24.3 Å². The lowest BCUT2D eigenvalue weighted by molar-refractivity contribution is -0.133. The Morgan fingerprint density at radius 3 is 2.36 bits per heavy atom. The van der Waals surface area contributed by atoms with Gasteiger partial charge in [-0.1, -0.05) is 6.92 Å². The Labute approximate surface area is 144 Å². The molecule has 2 N–H and O–H groups in total. The fourth-order valence-corrected chi connectivity index (χ4v) is 1.80. The third kappa shape index (κ3) is 7.60. The van der Waals surface area contributed by atoms with E-state index in [1.54, 1.807) is 0 Å². The van der Waals surface area contributed by atoms with Crippen molar-refractivity contribution in [3.05, 3.63) is 29.8 Å². The smallest absolute Gasteiger partial charge is 0.387 e. The van der Waals surface area contributed by atoms with Crippen LogP contribution in [-0.4, -0.2) is 55.9 Å². The Hall–Kier alpha value is -2.71. The number of nitrogens with one attached hydrogen (secondary N) is 2. The van der Waals surface area contributed by atoms with E-state index in [1.165, 1.54) is 36.2 Å². The first kappa shape index (κ1) is 20.3. The Morgan fingerprint density at radius 2 is 1.80 bits per heavy atom. The highest BCUT2D eigenvalue weighted by atomic mass is 19.3. The zero-order valence-corrected chi connectivity index (χ0v) is 14.1. The first-order valence-electron chi connectivity index (χ1n) is 7.67. The number of carbonyl (C=O) groups excluding carboxylic acids is 3. The molecule has 0 spiro atoms. The molecule has 9 heteroatoms. The molecular weight excluding hydrogens is 336 g/mol. The van der Waals surface area contributed by atoms with E-state index < -0.39 is 18.4 Å². The maximum Gasteiger partial charge on any atom is 0.387 e. The topological polar surface area (TPSA) is 87.7 Å². The van der Waals surface area contributed by atoms with Crippen LogP contribution in [0.4, 0.5) is 8.78 Å². The van der Waals surface area contributed by atoms with Gasteiger partial charge in [-0.25, -0.2) is 0 Å².